The summed E-state index contributed by atoms with van der Waals surface area (Å²) in [7, 11) is -1.79. The topological polar surface area (TPSA) is 47.9 Å². The van der Waals surface area contributed by atoms with Crippen LogP contribution in [0, 0.1) is 17.8 Å². The van der Waals surface area contributed by atoms with Gasteiger partial charge in [0.25, 0.3) is 0 Å². The molecular weight excluding hydrogens is 416 g/mol. The minimum Gasteiger partial charge on any atom is -0.414 e. The number of unbranched alkanes of at least 4 members (excludes halogenated alkanes) is 6. The second kappa shape index (κ2) is 11.2. The van der Waals surface area contributed by atoms with Crippen molar-refractivity contribution in [3.8, 4) is 0 Å². The summed E-state index contributed by atoms with van der Waals surface area (Å²) in [5, 5.41) is 11.2. The zero-order valence-electron chi connectivity index (χ0n) is 22.0. The van der Waals surface area contributed by atoms with E-state index in [-0.39, 0.29) is 16.9 Å². The largest absolute Gasteiger partial charge is 0.414 e. The molecule has 1 aliphatic heterocycles. The maximum absolute atomic E-state index is 11.0. The Morgan fingerprint density at radius 2 is 1.62 bits per heavy atom. The predicted molar refractivity (Wildman–Crippen MR) is 134 cm³/mol. The summed E-state index contributed by atoms with van der Waals surface area (Å²) in [6.07, 6.45) is 14.8. The van der Waals surface area contributed by atoms with Gasteiger partial charge in [0.05, 0.1) is 19.3 Å². The van der Waals surface area contributed by atoms with Crippen molar-refractivity contribution in [2.24, 2.45) is 17.8 Å². The lowest BCUT2D eigenvalue weighted by atomic mass is 9.69. The van der Waals surface area contributed by atoms with Gasteiger partial charge < -0.3 is 19.0 Å². The third kappa shape index (κ3) is 6.18. The van der Waals surface area contributed by atoms with E-state index >= 15 is 0 Å². The number of rotatable bonds is 13. The zero-order chi connectivity index (χ0) is 23.4. The lowest BCUT2D eigenvalue weighted by Gasteiger charge is -2.48. The summed E-state index contributed by atoms with van der Waals surface area (Å²) >= 11 is 0. The highest BCUT2D eigenvalue weighted by Crippen LogP contribution is 2.59. The first-order valence-electron chi connectivity index (χ1n) is 13.7. The SMILES string of the molecule is CCCCCCCCCC(CCC1CC2C(CC23OCCO3)C1O)O[Si](C)(C)C(C)(C)C. The molecule has 0 aromatic heterocycles. The summed E-state index contributed by atoms with van der Waals surface area (Å²) in [4.78, 5) is 0. The molecular formula is C27H52O4Si. The van der Waals surface area contributed by atoms with Gasteiger partial charge in [-0.15, -0.1) is 0 Å². The van der Waals surface area contributed by atoms with Gasteiger partial charge in [0.2, 0.25) is 0 Å². The summed E-state index contributed by atoms with van der Waals surface area (Å²) in [6, 6.07) is 0. The molecule has 1 heterocycles. The van der Waals surface area contributed by atoms with Gasteiger partial charge in [-0.1, -0.05) is 72.6 Å². The minimum absolute atomic E-state index is 0.189. The number of hydrogen-bond donors (Lipinski definition) is 1. The Balaban J connectivity index is 1.49. The highest BCUT2D eigenvalue weighted by molar-refractivity contribution is 6.74. The third-order valence-corrected chi connectivity index (χ3v) is 13.6. The number of aliphatic hydroxyl groups excluding tert-OH is 1. The second-order valence-corrected chi connectivity index (χ2v) is 17.2. The van der Waals surface area contributed by atoms with Crippen LogP contribution in [0.2, 0.25) is 18.1 Å². The lowest BCUT2D eigenvalue weighted by Crippen LogP contribution is -2.54. The number of ether oxygens (including phenoxy) is 2. The molecule has 2 aliphatic carbocycles. The number of hydrogen-bond acceptors (Lipinski definition) is 4. The maximum Gasteiger partial charge on any atom is 0.192 e. The van der Waals surface area contributed by atoms with Gasteiger partial charge in [-0.05, 0) is 55.7 Å². The summed E-state index contributed by atoms with van der Waals surface area (Å²) in [5.41, 5.74) is 0. The quantitative estimate of drug-likeness (QED) is 0.232. The van der Waals surface area contributed by atoms with Gasteiger partial charge in [0, 0.05) is 18.4 Å². The average molecular weight is 469 g/mol. The fraction of sp³-hybridized carbons (Fsp3) is 1.00. The van der Waals surface area contributed by atoms with Crippen LogP contribution in [0.1, 0.15) is 105 Å². The molecule has 1 N–H and O–H groups in total. The van der Waals surface area contributed by atoms with Crippen LogP contribution in [0.15, 0.2) is 0 Å². The molecule has 4 nitrogen and oxygen atoms in total. The fourth-order valence-electron chi connectivity index (χ4n) is 5.99. The van der Waals surface area contributed by atoms with Crippen LogP contribution in [-0.2, 0) is 13.9 Å². The van der Waals surface area contributed by atoms with Gasteiger partial charge in [0.15, 0.2) is 14.1 Å². The highest BCUT2D eigenvalue weighted by Gasteiger charge is 2.64. The molecule has 3 fully saturated rings. The first-order valence-corrected chi connectivity index (χ1v) is 16.6. The zero-order valence-corrected chi connectivity index (χ0v) is 23.0. The van der Waals surface area contributed by atoms with Gasteiger partial charge in [-0.2, -0.15) is 0 Å². The van der Waals surface area contributed by atoms with Crippen LogP contribution < -0.4 is 0 Å². The molecule has 3 aliphatic rings. The molecule has 0 bridgehead atoms. The van der Waals surface area contributed by atoms with Crippen LogP contribution >= 0.6 is 0 Å². The molecule has 3 rings (SSSR count). The van der Waals surface area contributed by atoms with Crippen LogP contribution in [0.25, 0.3) is 0 Å². The van der Waals surface area contributed by atoms with Gasteiger partial charge >= 0.3 is 0 Å². The van der Waals surface area contributed by atoms with Crippen molar-refractivity contribution in [2.45, 2.75) is 141 Å². The lowest BCUT2D eigenvalue weighted by molar-refractivity contribution is -0.275. The summed E-state index contributed by atoms with van der Waals surface area (Å²) in [6.45, 7) is 15.5. The average Bonchev–Trinajstić information content (AvgIpc) is 3.30. The van der Waals surface area contributed by atoms with Crippen LogP contribution in [0.5, 0.6) is 0 Å². The monoisotopic (exact) mass is 468 g/mol. The van der Waals surface area contributed by atoms with Gasteiger partial charge in [-0.25, -0.2) is 0 Å². The number of aliphatic hydroxyl groups is 1. The molecule has 5 unspecified atom stereocenters. The first-order chi connectivity index (χ1) is 15.1. The second-order valence-electron chi connectivity index (χ2n) is 12.5. The molecule has 5 atom stereocenters. The molecule has 1 spiro atoms. The molecule has 1 saturated heterocycles. The standard InChI is InChI=1S/C27H52O4Si/c1-7-8-9-10-11-12-13-14-22(31-32(5,6)26(2,3)4)16-15-21-19-24-23(25(21)28)20-27(24)29-17-18-30-27/h21-25,28H,7-20H2,1-6H3. The maximum atomic E-state index is 11.0. The van der Waals surface area contributed by atoms with E-state index in [1.165, 1.54) is 51.4 Å². The van der Waals surface area contributed by atoms with Crippen molar-refractivity contribution in [1.29, 1.82) is 0 Å². The smallest absolute Gasteiger partial charge is 0.192 e. The van der Waals surface area contributed by atoms with Crippen molar-refractivity contribution in [2.75, 3.05) is 13.2 Å². The molecule has 0 radical (unpaired) electrons. The highest BCUT2D eigenvalue weighted by atomic mass is 28.4. The van der Waals surface area contributed by atoms with Gasteiger partial charge in [0.1, 0.15) is 0 Å². The van der Waals surface area contributed by atoms with E-state index in [1.807, 2.05) is 0 Å². The van der Waals surface area contributed by atoms with E-state index in [0.717, 1.165) is 25.7 Å². The van der Waals surface area contributed by atoms with E-state index in [9.17, 15) is 5.11 Å². The van der Waals surface area contributed by atoms with Crippen molar-refractivity contribution in [1.82, 2.24) is 0 Å². The fourth-order valence-corrected chi connectivity index (χ4v) is 7.41. The Bertz CT molecular complexity index is 566. The van der Waals surface area contributed by atoms with Crippen molar-refractivity contribution >= 4 is 8.32 Å². The summed E-state index contributed by atoms with van der Waals surface area (Å²) < 4.78 is 18.8. The van der Waals surface area contributed by atoms with E-state index in [0.29, 0.717) is 37.1 Å². The predicted octanol–water partition coefficient (Wildman–Crippen LogP) is 7.06. The molecule has 5 heteroatoms. The van der Waals surface area contributed by atoms with Crippen molar-refractivity contribution in [3.63, 3.8) is 0 Å². The molecule has 188 valence electrons. The Morgan fingerprint density at radius 3 is 2.25 bits per heavy atom. The Morgan fingerprint density at radius 1 is 1.00 bits per heavy atom. The van der Waals surface area contributed by atoms with E-state index < -0.39 is 8.32 Å². The minimum atomic E-state index is -1.79. The third-order valence-electron chi connectivity index (χ3n) is 9.11. The van der Waals surface area contributed by atoms with Crippen molar-refractivity contribution < 1.29 is 19.0 Å². The van der Waals surface area contributed by atoms with Crippen molar-refractivity contribution in [3.05, 3.63) is 0 Å². The molecule has 2 saturated carbocycles. The molecule has 0 aromatic rings. The van der Waals surface area contributed by atoms with E-state index in [4.69, 9.17) is 13.9 Å². The molecule has 0 amide bonds. The molecule has 32 heavy (non-hydrogen) atoms. The molecule has 0 aromatic carbocycles. The number of fused-ring (bicyclic) bond motifs is 2. The normalized spacial score (nSPS) is 30.5. The van der Waals surface area contributed by atoms with E-state index in [2.05, 4.69) is 40.8 Å². The van der Waals surface area contributed by atoms with Crippen LogP contribution in [-0.4, -0.2) is 44.6 Å². The van der Waals surface area contributed by atoms with Crippen LogP contribution in [0.4, 0.5) is 0 Å². The first kappa shape index (κ1) is 26.7. The van der Waals surface area contributed by atoms with Crippen LogP contribution in [0.3, 0.4) is 0 Å². The Kier molecular flexibility index (Phi) is 9.33. The summed E-state index contributed by atoms with van der Waals surface area (Å²) in [5.74, 6) is 0.792. The van der Waals surface area contributed by atoms with Gasteiger partial charge in [-0.3, -0.25) is 0 Å². The Hall–Kier alpha value is 0.0569. The Labute approximate surface area is 199 Å². The van der Waals surface area contributed by atoms with E-state index in [1.54, 1.807) is 0 Å².